The Kier molecular flexibility index (Phi) is 4.46. The first-order chi connectivity index (χ1) is 10.8. The summed E-state index contributed by atoms with van der Waals surface area (Å²) in [4.78, 5) is 22.0. The minimum Gasteiger partial charge on any atom is -0.467 e. The van der Waals surface area contributed by atoms with Gasteiger partial charge < -0.3 is 4.74 Å². The summed E-state index contributed by atoms with van der Waals surface area (Å²) in [5.41, 5.74) is 2.01. The molecule has 2 aromatic rings. The van der Waals surface area contributed by atoms with Gasteiger partial charge in [-0.25, -0.2) is 4.79 Å². The monoisotopic (exact) mass is 298 g/mol. The van der Waals surface area contributed by atoms with E-state index < -0.39 is 6.10 Å². The van der Waals surface area contributed by atoms with Gasteiger partial charge >= 0.3 is 5.97 Å². The number of hydrogen-bond donors (Lipinski definition) is 0. The molecule has 1 aromatic carbocycles. The summed E-state index contributed by atoms with van der Waals surface area (Å²) in [6, 6.07) is 15.7. The molecule has 0 spiro atoms. The van der Waals surface area contributed by atoms with Gasteiger partial charge in [-0.3, -0.25) is 9.82 Å². The Bertz CT molecular complexity index is 618. The molecule has 2 atom stereocenters. The number of hydroxylamine groups is 2. The SMILES string of the molecule is COC(=O)[C@@H]1C[C@H](c2ccccn2)N(Cc2ccccc2)O1. The molecule has 1 aliphatic rings. The minimum atomic E-state index is -0.583. The Morgan fingerprint density at radius 1 is 1.27 bits per heavy atom. The lowest BCUT2D eigenvalue weighted by molar-refractivity contribution is -0.192. The number of hydrogen-bond acceptors (Lipinski definition) is 5. The maximum Gasteiger partial charge on any atom is 0.337 e. The van der Waals surface area contributed by atoms with Crippen LogP contribution < -0.4 is 0 Å². The van der Waals surface area contributed by atoms with Gasteiger partial charge in [0.05, 0.1) is 18.8 Å². The van der Waals surface area contributed by atoms with E-state index in [9.17, 15) is 4.79 Å². The van der Waals surface area contributed by atoms with Crippen LogP contribution in [-0.4, -0.2) is 29.2 Å². The molecule has 5 nitrogen and oxygen atoms in total. The molecule has 2 heterocycles. The number of benzene rings is 1. The minimum absolute atomic E-state index is 0.0643. The van der Waals surface area contributed by atoms with Crippen molar-refractivity contribution in [3.63, 3.8) is 0 Å². The molecule has 0 amide bonds. The van der Waals surface area contributed by atoms with Gasteiger partial charge in [0.15, 0.2) is 6.10 Å². The van der Waals surface area contributed by atoms with E-state index in [1.54, 1.807) is 6.20 Å². The van der Waals surface area contributed by atoms with Gasteiger partial charge in [-0.05, 0) is 17.7 Å². The van der Waals surface area contributed by atoms with E-state index in [4.69, 9.17) is 9.57 Å². The van der Waals surface area contributed by atoms with Gasteiger partial charge in [0, 0.05) is 19.2 Å². The number of nitrogens with zero attached hydrogens (tertiary/aromatic N) is 2. The van der Waals surface area contributed by atoms with Crippen molar-refractivity contribution in [3.05, 3.63) is 66.0 Å². The van der Waals surface area contributed by atoms with E-state index in [-0.39, 0.29) is 12.0 Å². The summed E-state index contributed by atoms with van der Waals surface area (Å²) in [6.07, 6.45) is 1.71. The molecule has 3 rings (SSSR count). The van der Waals surface area contributed by atoms with Crippen LogP contribution in [0.3, 0.4) is 0 Å². The van der Waals surface area contributed by atoms with Gasteiger partial charge in [-0.15, -0.1) is 0 Å². The third kappa shape index (κ3) is 3.16. The highest BCUT2D eigenvalue weighted by atomic mass is 16.7. The van der Waals surface area contributed by atoms with E-state index in [2.05, 4.69) is 4.98 Å². The zero-order chi connectivity index (χ0) is 15.4. The standard InChI is InChI=1S/C17H18N2O3/c1-21-17(20)16-11-15(14-9-5-6-10-18-14)19(22-16)12-13-7-3-2-4-8-13/h2-10,15-16H,11-12H2,1H3/t15-,16+/m1/s1. The van der Waals surface area contributed by atoms with Crippen LogP contribution in [0.5, 0.6) is 0 Å². The molecular formula is C17H18N2O3. The Hall–Kier alpha value is -2.24. The molecule has 0 unspecified atom stereocenters. The quantitative estimate of drug-likeness (QED) is 0.812. The first-order valence-corrected chi connectivity index (χ1v) is 7.24. The fraction of sp³-hybridized carbons (Fsp3) is 0.294. The second-order valence-electron chi connectivity index (χ2n) is 5.18. The second kappa shape index (κ2) is 6.68. The number of aromatic nitrogens is 1. The summed E-state index contributed by atoms with van der Waals surface area (Å²) in [5, 5.41) is 1.82. The van der Waals surface area contributed by atoms with Crippen molar-refractivity contribution in [2.45, 2.75) is 25.1 Å². The van der Waals surface area contributed by atoms with Crippen LogP contribution in [0, 0.1) is 0 Å². The number of carbonyl (C=O) groups excluding carboxylic acids is 1. The highest BCUT2D eigenvalue weighted by molar-refractivity contribution is 5.74. The van der Waals surface area contributed by atoms with Gasteiger partial charge in [0.2, 0.25) is 0 Å². The van der Waals surface area contributed by atoms with Crippen LogP contribution in [0.4, 0.5) is 0 Å². The van der Waals surface area contributed by atoms with Crippen LogP contribution in [0.1, 0.15) is 23.7 Å². The molecule has 5 heteroatoms. The van der Waals surface area contributed by atoms with Crippen LogP contribution >= 0.6 is 0 Å². The van der Waals surface area contributed by atoms with Gasteiger partial charge in [0.1, 0.15) is 0 Å². The third-order valence-corrected chi connectivity index (χ3v) is 3.72. The Labute approximate surface area is 129 Å². The molecule has 1 saturated heterocycles. The number of methoxy groups -OCH3 is 1. The number of rotatable bonds is 4. The van der Waals surface area contributed by atoms with Gasteiger partial charge in [0.25, 0.3) is 0 Å². The lowest BCUT2D eigenvalue weighted by Crippen LogP contribution is -2.25. The molecule has 0 radical (unpaired) electrons. The molecular weight excluding hydrogens is 280 g/mol. The van der Waals surface area contributed by atoms with Crippen LogP contribution in [-0.2, 0) is 20.9 Å². The van der Waals surface area contributed by atoms with Gasteiger partial charge in [-0.2, -0.15) is 5.06 Å². The average Bonchev–Trinajstić information content (AvgIpc) is 3.00. The van der Waals surface area contributed by atoms with Crippen molar-refractivity contribution in [2.75, 3.05) is 7.11 Å². The topological polar surface area (TPSA) is 51.7 Å². The molecule has 1 aliphatic heterocycles. The molecule has 0 bridgehead atoms. The number of esters is 1. The maximum absolute atomic E-state index is 11.8. The zero-order valence-electron chi connectivity index (χ0n) is 12.4. The van der Waals surface area contributed by atoms with E-state index >= 15 is 0 Å². The Morgan fingerprint density at radius 3 is 2.73 bits per heavy atom. The van der Waals surface area contributed by atoms with E-state index in [0.717, 1.165) is 11.3 Å². The van der Waals surface area contributed by atoms with Crippen molar-refractivity contribution in [1.82, 2.24) is 10.0 Å². The summed E-state index contributed by atoms with van der Waals surface area (Å²) in [6.45, 7) is 0.593. The van der Waals surface area contributed by atoms with Crippen LogP contribution in [0.25, 0.3) is 0 Å². The molecule has 1 fully saturated rings. The van der Waals surface area contributed by atoms with Gasteiger partial charge in [-0.1, -0.05) is 36.4 Å². The molecule has 0 N–H and O–H groups in total. The second-order valence-corrected chi connectivity index (χ2v) is 5.18. The van der Waals surface area contributed by atoms with E-state index in [1.165, 1.54) is 7.11 Å². The normalized spacial score (nSPS) is 21.7. The molecule has 114 valence electrons. The molecule has 0 saturated carbocycles. The lowest BCUT2D eigenvalue weighted by atomic mass is 10.1. The summed E-state index contributed by atoms with van der Waals surface area (Å²) < 4.78 is 4.81. The van der Waals surface area contributed by atoms with Crippen molar-refractivity contribution in [2.24, 2.45) is 0 Å². The molecule has 22 heavy (non-hydrogen) atoms. The largest absolute Gasteiger partial charge is 0.467 e. The Morgan fingerprint density at radius 2 is 2.05 bits per heavy atom. The van der Waals surface area contributed by atoms with E-state index in [0.29, 0.717) is 13.0 Å². The van der Waals surface area contributed by atoms with Crippen molar-refractivity contribution in [1.29, 1.82) is 0 Å². The first kappa shape index (κ1) is 14.7. The maximum atomic E-state index is 11.8. The predicted molar refractivity (Wildman–Crippen MR) is 80.5 cm³/mol. The number of carbonyl (C=O) groups is 1. The fourth-order valence-electron chi connectivity index (χ4n) is 2.62. The zero-order valence-corrected chi connectivity index (χ0v) is 12.4. The third-order valence-electron chi connectivity index (χ3n) is 3.72. The number of ether oxygens (including phenoxy) is 1. The predicted octanol–water partition coefficient (Wildman–Crippen LogP) is 2.50. The Balaban J connectivity index is 1.82. The number of pyridine rings is 1. The van der Waals surface area contributed by atoms with E-state index in [1.807, 2.05) is 53.6 Å². The highest BCUT2D eigenvalue weighted by Gasteiger charge is 2.39. The smallest absolute Gasteiger partial charge is 0.337 e. The summed E-state index contributed by atoms with van der Waals surface area (Å²) in [5.74, 6) is -0.350. The first-order valence-electron chi connectivity index (χ1n) is 7.24. The summed E-state index contributed by atoms with van der Waals surface area (Å²) >= 11 is 0. The summed E-state index contributed by atoms with van der Waals surface area (Å²) in [7, 11) is 1.38. The van der Waals surface area contributed by atoms with Crippen LogP contribution in [0.2, 0.25) is 0 Å². The van der Waals surface area contributed by atoms with Crippen molar-refractivity contribution < 1.29 is 14.4 Å². The lowest BCUT2D eigenvalue weighted by Gasteiger charge is -2.22. The fourth-order valence-corrected chi connectivity index (χ4v) is 2.62. The highest BCUT2D eigenvalue weighted by Crippen LogP contribution is 2.34. The van der Waals surface area contributed by atoms with Crippen LogP contribution in [0.15, 0.2) is 54.7 Å². The van der Waals surface area contributed by atoms with Crippen molar-refractivity contribution in [3.8, 4) is 0 Å². The van der Waals surface area contributed by atoms with Crippen molar-refractivity contribution >= 4 is 5.97 Å². The molecule has 0 aliphatic carbocycles. The average molecular weight is 298 g/mol. The molecule has 1 aromatic heterocycles.